The number of thiazole rings is 1. The summed E-state index contributed by atoms with van der Waals surface area (Å²) < 4.78 is 0.888. The molecular weight excluding hydrogens is 290 g/mol. The summed E-state index contributed by atoms with van der Waals surface area (Å²) in [5, 5.41) is 9.46. The number of likely N-dealkylation sites (tertiary alicyclic amines) is 1. The molecular formula is C14H15N3O3S. The molecule has 1 amide bonds. The van der Waals surface area contributed by atoms with Crippen molar-refractivity contribution in [3.63, 3.8) is 0 Å². The number of nitrogens with zero attached hydrogens (tertiary/aromatic N) is 2. The molecule has 7 heteroatoms. The van der Waals surface area contributed by atoms with Gasteiger partial charge in [-0.15, -0.1) is 0 Å². The van der Waals surface area contributed by atoms with Gasteiger partial charge in [0.15, 0.2) is 5.13 Å². The van der Waals surface area contributed by atoms with Crippen LogP contribution in [-0.2, 0) is 4.79 Å². The summed E-state index contributed by atoms with van der Waals surface area (Å²) in [5.74, 6) is -1.17. The van der Waals surface area contributed by atoms with E-state index in [1.54, 1.807) is 23.1 Å². The zero-order valence-corrected chi connectivity index (χ0v) is 12.1. The average molecular weight is 305 g/mol. The van der Waals surface area contributed by atoms with Gasteiger partial charge in [-0.3, -0.25) is 9.59 Å². The lowest BCUT2D eigenvalue weighted by atomic mass is 9.96. The highest BCUT2D eigenvalue weighted by Crippen LogP contribution is 2.26. The number of nitrogens with two attached hydrogens (primary N) is 1. The molecule has 3 rings (SSSR count). The number of aliphatic carboxylic acids is 1. The van der Waals surface area contributed by atoms with E-state index in [-0.39, 0.29) is 11.8 Å². The molecule has 0 aliphatic carbocycles. The summed E-state index contributed by atoms with van der Waals surface area (Å²) in [6.07, 6.45) is 1.02. The zero-order chi connectivity index (χ0) is 15.0. The van der Waals surface area contributed by atoms with Gasteiger partial charge in [0, 0.05) is 18.7 Å². The second kappa shape index (κ2) is 5.33. The van der Waals surface area contributed by atoms with Gasteiger partial charge in [-0.25, -0.2) is 4.98 Å². The van der Waals surface area contributed by atoms with E-state index in [0.29, 0.717) is 36.6 Å². The average Bonchev–Trinajstić information content (AvgIpc) is 2.85. The number of carboxylic acid groups (broad SMARTS) is 1. The van der Waals surface area contributed by atoms with Crippen LogP contribution in [0.4, 0.5) is 5.13 Å². The lowest BCUT2D eigenvalue weighted by Gasteiger charge is -2.30. The number of carboxylic acids is 1. The largest absolute Gasteiger partial charge is 0.481 e. The van der Waals surface area contributed by atoms with Crippen molar-refractivity contribution in [2.45, 2.75) is 12.8 Å². The number of fused-ring (bicyclic) bond motifs is 1. The van der Waals surface area contributed by atoms with Gasteiger partial charge in [0.05, 0.1) is 16.1 Å². The number of carbonyl (C=O) groups is 2. The third-order valence-electron chi connectivity index (χ3n) is 3.78. The van der Waals surface area contributed by atoms with Crippen LogP contribution >= 0.6 is 11.3 Å². The summed E-state index contributed by atoms with van der Waals surface area (Å²) in [4.78, 5) is 29.3. The van der Waals surface area contributed by atoms with E-state index in [1.807, 2.05) is 0 Å². The summed E-state index contributed by atoms with van der Waals surface area (Å²) in [7, 11) is 0. The number of hydrogen-bond donors (Lipinski definition) is 2. The Balaban J connectivity index is 1.76. The fourth-order valence-electron chi connectivity index (χ4n) is 2.59. The Hall–Kier alpha value is -2.15. The molecule has 1 saturated heterocycles. The number of aromatic nitrogens is 1. The van der Waals surface area contributed by atoms with Gasteiger partial charge >= 0.3 is 5.97 Å². The minimum absolute atomic E-state index is 0.0623. The van der Waals surface area contributed by atoms with Crippen LogP contribution in [0.2, 0.25) is 0 Å². The first kappa shape index (κ1) is 13.8. The highest BCUT2D eigenvalue weighted by Gasteiger charge is 2.27. The van der Waals surface area contributed by atoms with Gasteiger partial charge in [0.1, 0.15) is 0 Å². The Morgan fingerprint density at radius 2 is 2.05 bits per heavy atom. The minimum atomic E-state index is -0.774. The Morgan fingerprint density at radius 1 is 1.33 bits per heavy atom. The lowest BCUT2D eigenvalue weighted by Crippen LogP contribution is -2.40. The van der Waals surface area contributed by atoms with Crippen molar-refractivity contribution in [1.29, 1.82) is 0 Å². The van der Waals surface area contributed by atoms with E-state index < -0.39 is 5.97 Å². The molecule has 0 bridgehead atoms. The maximum atomic E-state index is 12.5. The third-order valence-corrected chi connectivity index (χ3v) is 4.63. The lowest BCUT2D eigenvalue weighted by molar-refractivity contribution is -0.143. The number of piperidine rings is 1. The van der Waals surface area contributed by atoms with Gasteiger partial charge in [-0.1, -0.05) is 11.3 Å². The second-order valence-electron chi connectivity index (χ2n) is 5.14. The zero-order valence-electron chi connectivity index (χ0n) is 11.3. The Morgan fingerprint density at radius 3 is 2.71 bits per heavy atom. The van der Waals surface area contributed by atoms with Crippen molar-refractivity contribution in [3.8, 4) is 0 Å². The number of hydrogen-bond acceptors (Lipinski definition) is 5. The monoisotopic (exact) mass is 305 g/mol. The van der Waals surface area contributed by atoms with Crippen LogP contribution in [0.25, 0.3) is 10.2 Å². The van der Waals surface area contributed by atoms with Gasteiger partial charge in [-0.05, 0) is 31.0 Å². The molecule has 2 aromatic rings. The summed E-state index contributed by atoms with van der Waals surface area (Å²) in [6, 6.07) is 5.33. The smallest absolute Gasteiger partial charge is 0.306 e. The SMILES string of the molecule is Nc1nc2ccc(C(=O)N3CCC(C(=O)O)CC3)cc2s1. The molecule has 0 unspecified atom stereocenters. The molecule has 21 heavy (non-hydrogen) atoms. The number of anilines is 1. The molecule has 0 atom stereocenters. The summed E-state index contributed by atoms with van der Waals surface area (Å²) in [5.41, 5.74) is 7.05. The molecule has 2 heterocycles. The van der Waals surface area contributed by atoms with Crippen LogP contribution in [0.15, 0.2) is 18.2 Å². The van der Waals surface area contributed by atoms with E-state index >= 15 is 0 Å². The van der Waals surface area contributed by atoms with Gasteiger partial charge in [-0.2, -0.15) is 0 Å². The van der Waals surface area contributed by atoms with Crippen molar-refractivity contribution < 1.29 is 14.7 Å². The predicted molar refractivity (Wildman–Crippen MR) is 80.3 cm³/mol. The Bertz CT molecular complexity index is 705. The second-order valence-corrected chi connectivity index (χ2v) is 6.20. The highest BCUT2D eigenvalue weighted by atomic mass is 32.1. The third kappa shape index (κ3) is 2.69. The molecule has 1 fully saturated rings. The minimum Gasteiger partial charge on any atom is -0.481 e. The quantitative estimate of drug-likeness (QED) is 0.882. The molecule has 0 spiro atoms. The van der Waals surface area contributed by atoms with Gasteiger partial charge in [0.25, 0.3) is 5.91 Å². The normalized spacial score (nSPS) is 16.3. The van der Waals surface area contributed by atoms with Crippen LogP contribution in [0.5, 0.6) is 0 Å². The first-order chi connectivity index (χ1) is 10.0. The first-order valence-electron chi connectivity index (χ1n) is 6.73. The summed E-state index contributed by atoms with van der Waals surface area (Å²) >= 11 is 1.35. The fraction of sp³-hybridized carbons (Fsp3) is 0.357. The summed E-state index contributed by atoms with van der Waals surface area (Å²) in [6.45, 7) is 0.970. The fourth-order valence-corrected chi connectivity index (χ4v) is 3.36. The van der Waals surface area contributed by atoms with E-state index in [4.69, 9.17) is 10.8 Å². The molecule has 1 aromatic carbocycles. The van der Waals surface area contributed by atoms with Crippen molar-refractivity contribution in [1.82, 2.24) is 9.88 Å². The van der Waals surface area contributed by atoms with Gasteiger partial charge in [0.2, 0.25) is 0 Å². The van der Waals surface area contributed by atoms with Crippen LogP contribution in [0.3, 0.4) is 0 Å². The molecule has 0 saturated carbocycles. The topological polar surface area (TPSA) is 96.5 Å². The number of benzene rings is 1. The molecule has 110 valence electrons. The number of nitrogen functional groups attached to an aromatic ring is 1. The van der Waals surface area contributed by atoms with Crippen LogP contribution in [0, 0.1) is 5.92 Å². The van der Waals surface area contributed by atoms with Gasteiger partial charge < -0.3 is 15.7 Å². The van der Waals surface area contributed by atoms with E-state index in [2.05, 4.69) is 4.98 Å². The molecule has 3 N–H and O–H groups in total. The molecule has 6 nitrogen and oxygen atoms in total. The molecule has 1 aliphatic heterocycles. The van der Waals surface area contributed by atoms with E-state index in [1.165, 1.54) is 11.3 Å². The number of carbonyl (C=O) groups excluding carboxylic acids is 1. The van der Waals surface area contributed by atoms with Crippen LogP contribution < -0.4 is 5.73 Å². The maximum Gasteiger partial charge on any atom is 0.306 e. The Kier molecular flexibility index (Phi) is 3.50. The molecule has 0 radical (unpaired) electrons. The van der Waals surface area contributed by atoms with Crippen molar-refractivity contribution in [2.75, 3.05) is 18.8 Å². The van der Waals surface area contributed by atoms with Crippen molar-refractivity contribution in [2.24, 2.45) is 5.92 Å². The molecule has 1 aliphatic rings. The first-order valence-corrected chi connectivity index (χ1v) is 7.54. The number of rotatable bonds is 2. The molecule has 1 aromatic heterocycles. The maximum absolute atomic E-state index is 12.5. The van der Waals surface area contributed by atoms with Crippen molar-refractivity contribution in [3.05, 3.63) is 23.8 Å². The highest BCUT2D eigenvalue weighted by molar-refractivity contribution is 7.22. The van der Waals surface area contributed by atoms with Crippen LogP contribution in [-0.4, -0.2) is 40.0 Å². The van der Waals surface area contributed by atoms with E-state index in [9.17, 15) is 9.59 Å². The van der Waals surface area contributed by atoms with Crippen molar-refractivity contribution >= 4 is 38.6 Å². The number of amides is 1. The standard InChI is InChI=1S/C14H15N3O3S/c15-14-16-10-2-1-9(7-11(10)21-14)12(18)17-5-3-8(4-6-17)13(19)20/h1-2,7-8H,3-6H2,(H2,15,16)(H,19,20). The van der Waals surface area contributed by atoms with Crippen LogP contribution in [0.1, 0.15) is 23.2 Å². The Labute approximate surface area is 125 Å². The predicted octanol–water partition coefficient (Wildman–Crippen LogP) is 1.82. The van der Waals surface area contributed by atoms with E-state index in [0.717, 1.165) is 10.2 Å².